The van der Waals surface area contributed by atoms with Crippen molar-refractivity contribution in [2.75, 3.05) is 0 Å². The smallest absolute Gasteiger partial charge is 0.159 e. The second-order valence-electron chi connectivity index (χ2n) is 2.53. The van der Waals surface area contributed by atoms with Crippen molar-refractivity contribution >= 4 is 11.3 Å². The van der Waals surface area contributed by atoms with Crippen molar-refractivity contribution in [2.45, 2.75) is 6.61 Å². The number of rotatable bonds is 2. The highest BCUT2D eigenvalue weighted by molar-refractivity contribution is 7.10. The fourth-order valence-corrected chi connectivity index (χ4v) is 1.75. The summed E-state index contributed by atoms with van der Waals surface area (Å²) in [5.41, 5.74) is 0.967. The summed E-state index contributed by atoms with van der Waals surface area (Å²) >= 11 is 1.51. The number of aromatic nitrogens is 2. The van der Waals surface area contributed by atoms with Crippen LogP contribution in [0.15, 0.2) is 29.9 Å². The van der Waals surface area contributed by atoms with Gasteiger partial charge in [0.05, 0.1) is 6.61 Å². The molecule has 2 aromatic heterocycles. The molecule has 0 spiro atoms. The summed E-state index contributed by atoms with van der Waals surface area (Å²) in [6.45, 7) is 0.0809. The van der Waals surface area contributed by atoms with Crippen LogP contribution in [-0.4, -0.2) is 15.1 Å². The lowest BCUT2D eigenvalue weighted by Crippen LogP contribution is -1.83. The van der Waals surface area contributed by atoms with E-state index in [1.165, 1.54) is 11.3 Å². The van der Waals surface area contributed by atoms with E-state index in [1.807, 2.05) is 11.4 Å². The molecule has 0 atom stereocenters. The summed E-state index contributed by atoms with van der Waals surface area (Å²) in [5.74, 6) is 0.707. The predicted molar refractivity (Wildman–Crippen MR) is 51.3 cm³/mol. The zero-order chi connectivity index (χ0) is 9.10. The second-order valence-corrected chi connectivity index (χ2v) is 3.53. The van der Waals surface area contributed by atoms with E-state index < -0.39 is 0 Å². The molecule has 0 unspecified atom stereocenters. The molecular weight excluding hydrogens is 184 g/mol. The first-order valence-corrected chi connectivity index (χ1v) is 4.74. The van der Waals surface area contributed by atoms with Crippen molar-refractivity contribution in [3.8, 4) is 11.4 Å². The normalized spacial score (nSPS) is 10.2. The van der Waals surface area contributed by atoms with Crippen LogP contribution in [0.4, 0.5) is 0 Å². The van der Waals surface area contributed by atoms with Crippen molar-refractivity contribution in [2.24, 2.45) is 0 Å². The van der Waals surface area contributed by atoms with Crippen LogP contribution in [0.1, 0.15) is 4.88 Å². The van der Waals surface area contributed by atoms with Gasteiger partial charge in [-0.05, 0) is 12.1 Å². The molecule has 13 heavy (non-hydrogen) atoms. The van der Waals surface area contributed by atoms with Gasteiger partial charge in [-0.2, -0.15) is 0 Å². The number of hydrogen-bond donors (Lipinski definition) is 1. The van der Waals surface area contributed by atoms with Gasteiger partial charge in [0.1, 0.15) is 0 Å². The van der Waals surface area contributed by atoms with Crippen LogP contribution in [0, 0.1) is 0 Å². The van der Waals surface area contributed by atoms with Gasteiger partial charge in [-0.15, -0.1) is 11.3 Å². The first kappa shape index (κ1) is 8.34. The molecule has 2 aromatic rings. The van der Waals surface area contributed by atoms with Crippen LogP contribution in [0.3, 0.4) is 0 Å². The Hall–Kier alpha value is -1.26. The average Bonchev–Trinajstić information content (AvgIpc) is 2.67. The number of aliphatic hydroxyl groups excluding tert-OH is 1. The van der Waals surface area contributed by atoms with Gasteiger partial charge in [-0.1, -0.05) is 0 Å². The third kappa shape index (κ3) is 1.74. The Bertz CT molecular complexity index is 386. The van der Waals surface area contributed by atoms with E-state index >= 15 is 0 Å². The molecule has 66 valence electrons. The summed E-state index contributed by atoms with van der Waals surface area (Å²) in [7, 11) is 0. The predicted octanol–water partition coefficient (Wildman–Crippen LogP) is 1.70. The van der Waals surface area contributed by atoms with E-state index in [0.29, 0.717) is 5.82 Å². The van der Waals surface area contributed by atoms with Gasteiger partial charge in [0.2, 0.25) is 0 Å². The van der Waals surface area contributed by atoms with Crippen molar-refractivity contribution < 1.29 is 5.11 Å². The van der Waals surface area contributed by atoms with E-state index in [4.69, 9.17) is 5.11 Å². The minimum Gasteiger partial charge on any atom is -0.391 e. The first-order chi connectivity index (χ1) is 6.40. The Labute approximate surface area is 79.7 Å². The quantitative estimate of drug-likeness (QED) is 0.787. The molecule has 0 aliphatic heterocycles. The summed E-state index contributed by atoms with van der Waals surface area (Å²) in [6.07, 6.45) is 3.41. The Balaban J connectivity index is 2.36. The van der Waals surface area contributed by atoms with Gasteiger partial charge in [0.15, 0.2) is 5.82 Å². The minimum atomic E-state index is 0.0809. The maximum absolute atomic E-state index is 8.87. The standard InChI is InChI=1S/C9H8N2OS/c12-5-8-4-7(6-13-8)9-10-2-1-3-11-9/h1-4,6,12H,5H2. The van der Waals surface area contributed by atoms with E-state index in [2.05, 4.69) is 9.97 Å². The maximum Gasteiger partial charge on any atom is 0.159 e. The summed E-state index contributed by atoms with van der Waals surface area (Å²) in [5, 5.41) is 10.8. The van der Waals surface area contributed by atoms with Gasteiger partial charge in [0, 0.05) is 28.2 Å². The van der Waals surface area contributed by atoms with Gasteiger partial charge in [-0.25, -0.2) is 9.97 Å². The summed E-state index contributed by atoms with van der Waals surface area (Å²) < 4.78 is 0. The number of nitrogens with zero attached hydrogens (tertiary/aromatic N) is 2. The molecule has 0 fully saturated rings. The SMILES string of the molecule is OCc1cc(-c2ncccn2)cs1. The lowest BCUT2D eigenvalue weighted by molar-refractivity contribution is 0.285. The topological polar surface area (TPSA) is 46.0 Å². The van der Waals surface area contributed by atoms with Crippen LogP contribution >= 0.6 is 11.3 Å². The summed E-state index contributed by atoms with van der Waals surface area (Å²) in [4.78, 5) is 9.15. The molecule has 0 amide bonds. The second kappa shape index (κ2) is 3.64. The highest BCUT2D eigenvalue weighted by Gasteiger charge is 2.02. The van der Waals surface area contributed by atoms with Crippen LogP contribution < -0.4 is 0 Å². The molecule has 0 aliphatic carbocycles. The molecule has 2 heterocycles. The molecule has 0 saturated carbocycles. The molecule has 0 aliphatic rings. The van der Waals surface area contributed by atoms with E-state index in [1.54, 1.807) is 18.5 Å². The van der Waals surface area contributed by atoms with Crippen molar-refractivity contribution in [1.29, 1.82) is 0 Å². The van der Waals surface area contributed by atoms with E-state index in [9.17, 15) is 0 Å². The zero-order valence-corrected chi connectivity index (χ0v) is 7.66. The Morgan fingerprint density at radius 1 is 1.31 bits per heavy atom. The first-order valence-electron chi connectivity index (χ1n) is 3.86. The highest BCUT2D eigenvalue weighted by Crippen LogP contribution is 2.21. The van der Waals surface area contributed by atoms with Crippen molar-refractivity contribution in [3.05, 3.63) is 34.8 Å². The fraction of sp³-hybridized carbons (Fsp3) is 0.111. The van der Waals surface area contributed by atoms with Gasteiger partial charge in [-0.3, -0.25) is 0 Å². The molecule has 0 radical (unpaired) electrons. The van der Waals surface area contributed by atoms with Crippen LogP contribution in [0.2, 0.25) is 0 Å². The highest BCUT2D eigenvalue weighted by atomic mass is 32.1. The Kier molecular flexibility index (Phi) is 2.33. The minimum absolute atomic E-state index is 0.0809. The molecule has 0 bridgehead atoms. The number of hydrogen-bond acceptors (Lipinski definition) is 4. The average molecular weight is 192 g/mol. The molecular formula is C9H8N2OS. The fourth-order valence-electron chi connectivity index (χ4n) is 1.03. The zero-order valence-electron chi connectivity index (χ0n) is 6.84. The molecule has 0 saturated heterocycles. The summed E-state index contributed by atoms with van der Waals surface area (Å²) in [6, 6.07) is 3.68. The van der Waals surface area contributed by atoms with Gasteiger partial charge < -0.3 is 5.11 Å². The van der Waals surface area contributed by atoms with Gasteiger partial charge >= 0.3 is 0 Å². The molecule has 0 aromatic carbocycles. The van der Waals surface area contributed by atoms with E-state index in [0.717, 1.165) is 10.4 Å². The third-order valence-corrected chi connectivity index (χ3v) is 2.56. The van der Waals surface area contributed by atoms with Crippen molar-refractivity contribution in [3.63, 3.8) is 0 Å². The molecule has 2 rings (SSSR count). The maximum atomic E-state index is 8.87. The monoisotopic (exact) mass is 192 g/mol. The van der Waals surface area contributed by atoms with Crippen LogP contribution in [-0.2, 0) is 6.61 Å². The lowest BCUT2D eigenvalue weighted by atomic mass is 10.3. The molecule has 4 heteroatoms. The Morgan fingerprint density at radius 3 is 2.69 bits per heavy atom. The largest absolute Gasteiger partial charge is 0.391 e. The Morgan fingerprint density at radius 2 is 2.08 bits per heavy atom. The van der Waals surface area contributed by atoms with E-state index in [-0.39, 0.29) is 6.61 Å². The van der Waals surface area contributed by atoms with Crippen LogP contribution in [0.5, 0.6) is 0 Å². The molecule has 3 nitrogen and oxygen atoms in total. The number of aliphatic hydroxyl groups is 1. The van der Waals surface area contributed by atoms with Gasteiger partial charge in [0.25, 0.3) is 0 Å². The van der Waals surface area contributed by atoms with Crippen molar-refractivity contribution in [1.82, 2.24) is 9.97 Å². The number of thiophene rings is 1. The third-order valence-electron chi connectivity index (χ3n) is 1.63. The van der Waals surface area contributed by atoms with Crippen LogP contribution in [0.25, 0.3) is 11.4 Å². The lowest BCUT2D eigenvalue weighted by Gasteiger charge is -1.92. The molecule has 1 N–H and O–H groups in total.